The van der Waals surface area contributed by atoms with Gasteiger partial charge in [-0.1, -0.05) is 358 Å². The highest BCUT2D eigenvalue weighted by molar-refractivity contribution is 7.25. The molecule has 11 nitrogen and oxygen atoms in total. The highest BCUT2D eigenvalue weighted by Crippen LogP contribution is 2.44. The van der Waals surface area contributed by atoms with Crippen LogP contribution in [0.2, 0.25) is 0 Å². The summed E-state index contributed by atoms with van der Waals surface area (Å²) in [5.74, 6) is 5.70. The van der Waals surface area contributed by atoms with Crippen molar-refractivity contribution in [2.24, 2.45) is 0 Å². The molecule has 0 amide bonds. The molecule has 618 valence electrons. The zero-order valence-corrected chi connectivity index (χ0v) is 72.1. The molecule has 0 radical (unpaired) electrons. The maximum atomic E-state index is 6.42. The van der Waals surface area contributed by atoms with Gasteiger partial charge in [-0.15, -0.1) is 11.3 Å². The molecule has 0 atom stereocenters. The van der Waals surface area contributed by atoms with Crippen molar-refractivity contribution in [2.45, 2.75) is 0 Å². The normalized spacial score (nSPS) is 11.8. The fourth-order valence-electron chi connectivity index (χ4n) is 19.4. The van der Waals surface area contributed by atoms with E-state index in [9.17, 15) is 0 Å². The lowest BCUT2D eigenvalue weighted by atomic mass is 9.96. The summed E-state index contributed by atoms with van der Waals surface area (Å²) in [6.45, 7) is 0. The summed E-state index contributed by atoms with van der Waals surface area (Å²) in [6.07, 6.45) is 0. The standard InChI is InChI=1S/C43H25N3O.C39H23N3O.C39H23N3S/c1-2-10-28-24-30(17-16-26(28)8-1)41-44-42(46-43(45-41)38-14-7-13-37-36-12-5-6-15-39(36)47-40(37)38)31-20-21-33-29(25-31)19-23-34-32-11-4-3-9-27(32)18-22-35(33)34;1-2-10-25(11-3-1)37-40-38(42-39(41-37)33-14-8-16-35-36(33)32-13-6-7-15-34(32)43-35)27-19-20-29-26(23-27)18-22-30-28-12-5-4-9-24(28)17-21-31(29)30;1-2-9-25(10-3-1)37-40-38(42-39(41-37)28-17-21-36-34(23-28)33-12-6-7-13-35(33)43-36)27-16-18-30-26(22-27)15-20-31-29-11-5-4-8-24(29)14-19-32(30)31/h1-25H;2*1-23H. The van der Waals surface area contributed by atoms with E-state index in [1.165, 1.54) is 106 Å². The first-order chi connectivity index (χ1) is 65.8. The number of thiophene rings is 1. The van der Waals surface area contributed by atoms with E-state index >= 15 is 0 Å². The Balaban J connectivity index is 0.000000104. The second-order valence-corrected chi connectivity index (χ2v) is 34.8. The van der Waals surface area contributed by atoms with Crippen LogP contribution in [-0.4, -0.2) is 44.9 Å². The van der Waals surface area contributed by atoms with Gasteiger partial charge in [0, 0.05) is 86.2 Å². The molecule has 0 aliphatic carbocycles. The van der Waals surface area contributed by atoms with E-state index in [0.29, 0.717) is 52.4 Å². The van der Waals surface area contributed by atoms with Gasteiger partial charge in [0.2, 0.25) is 0 Å². The monoisotopic (exact) mass is 1710 g/mol. The maximum absolute atomic E-state index is 6.42. The largest absolute Gasteiger partial charge is 0.456 e. The number of hydrogen-bond donors (Lipinski definition) is 0. The van der Waals surface area contributed by atoms with Crippen molar-refractivity contribution in [3.8, 4) is 102 Å². The average molecular weight is 1720 g/mol. The SMILES string of the molecule is c1ccc(-c2nc(-c3ccc4c(ccc5c6ccccc6ccc45)c3)nc(-c3ccc4sc5ccccc5c4c3)n2)cc1.c1ccc(-c2nc(-c3ccc4c(ccc5c6ccccc6ccc45)c3)nc(-c3cccc4oc5ccccc5c34)n2)cc1.c1ccc2cc(-c3nc(-c4ccc5c(ccc6c7ccccc7ccc56)c4)nc(-c4cccc5c4oc4ccccc45)n3)ccc2c1. The minimum Gasteiger partial charge on any atom is -0.456 e. The van der Waals surface area contributed by atoms with Crippen LogP contribution in [0.4, 0.5) is 0 Å². The third kappa shape index (κ3) is 13.5. The molecule has 28 rings (SSSR count). The number of nitrogens with zero attached hydrogens (tertiary/aromatic N) is 9. The molecule has 0 bridgehead atoms. The van der Waals surface area contributed by atoms with Crippen molar-refractivity contribution in [2.75, 3.05) is 0 Å². The Kier molecular flexibility index (Phi) is 18.2. The molecule has 6 heterocycles. The molecule has 0 aliphatic heterocycles. The van der Waals surface area contributed by atoms with Crippen molar-refractivity contribution < 1.29 is 8.83 Å². The molecule has 6 aromatic heterocycles. The molecule has 0 spiro atoms. The highest BCUT2D eigenvalue weighted by Gasteiger charge is 2.24. The van der Waals surface area contributed by atoms with Crippen LogP contribution in [0.25, 0.3) is 274 Å². The van der Waals surface area contributed by atoms with Crippen LogP contribution < -0.4 is 0 Å². The average Bonchev–Trinajstić information content (AvgIpc) is 0.947. The number of furan rings is 2. The van der Waals surface area contributed by atoms with Gasteiger partial charge in [-0.2, -0.15) is 0 Å². The zero-order valence-electron chi connectivity index (χ0n) is 71.2. The minimum atomic E-state index is 0.577. The third-order valence-corrected chi connectivity index (χ3v) is 27.1. The fraction of sp³-hybridized carbons (Fsp3) is 0. The van der Waals surface area contributed by atoms with Crippen molar-refractivity contribution in [1.82, 2.24) is 44.9 Å². The molecule has 28 aromatic rings. The highest BCUT2D eigenvalue weighted by atomic mass is 32.1. The Morgan fingerprint density at radius 3 is 0.962 bits per heavy atom. The van der Waals surface area contributed by atoms with Crippen LogP contribution in [0.1, 0.15) is 0 Å². The Bertz CT molecular complexity index is 9650. The Hall–Kier alpha value is -17.7. The van der Waals surface area contributed by atoms with Gasteiger partial charge >= 0.3 is 0 Å². The van der Waals surface area contributed by atoms with E-state index in [2.05, 4.69) is 322 Å². The molecular weight excluding hydrogens is 1640 g/mol. The smallest absolute Gasteiger partial charge is 0.167 e. The number of aromatic nitrogens is 9. The Labute approximate surface area is 764 Å². The van der Waals surface area contributed by atoms with E-state index in [1.807, 2.05) is 121 Å². The summed E-state index contributed by atoms with van der Waals surface area (Å²) < 4.78 is 15.1. The molecule has 22 aromatic carbocycles. The minimum absolute atomic E-state index is 0.577. The van der Waals surface area contributed by atoms with E-state index in [-0.39, 0.29) is 0 Å². The molecule has 133 heavy (non-hydrogen) atoms. The van der Waals surface area contributed by atoms with Crippen molar-refractivity contribution in [1.29, 1.82) is 0 Å². The van der Waals surface area contributed by atoms with Gasteiger partial charge in [0.25, 0.3) is 0 Å². The third-order valence-electron chi connectivity index (χ3n) is 25.9. The van der Waals surface area contributed by atoms with Crippen LogP contribution in [-0.2, 0) is 0 Å². The quantitative estimate of drug-likeness (QED) is 0.127. The number of fused-ring (bicyclic) bond motifs is 25. The van der Waals surface area contributed by atoms with E-state index in [1.54, 1.807) is 0 Å². The predicted octanol–water partition coefficient (Wildman–Crippen LogP) is 32.3. The van der Waals surface area contributed by atoms with Gasteiger partial charge in [0.1, 0.15) is 22.3 Å². The van der Waals surface area contributed by atoms with Gasteiger partial charge < -0.3 is 8.83 Å². The van der Waals surface area contributed by atoms with Crippen molar-refractivity contribution in [3.05, 3.63) is 431 Å². The van der Waals surface area contributed by atoms with Gasteiger partial charge in [-0.25, -0.2) is 44.9 Å². The molecule has 0 unspecified atom stereocenters. The summed E-state index contributed by atoms with van der Waals surface area (Å²) in [5, 5.41) is 31.1. The van der Waals surface area contributed by atoms with E-state index in [4.69, 9.17) is 53.7 Å². The van der Waals surface area contributed by atoms with Gasteiger partial charge in [0.05, 0.1) is 5.56 Å². The lowest BCUT2D eigenvalue weighted by Crippen LogP contribution is -2.00. The second kappa shape index (κ2) is 31.6. The van der Waals surface area contributed by atoms with Crippen LogP contribution >= 0.6 is 11.3 Å². The summed E-state index contributed by atoms with van der Waals surface area (Å²) in [6, 6.07) is 150. The number of para-hydroxylation sites is 3. The molecular formula is C121H71N9O2S. The van der Waals surface area contributed by atoms with Crippen LogP contribution in [0.3, 0.4) is 0 Å². The van der Waals surface area contributed by atoms with Crippen LogP contribution in [0.5, 0.6) is 0 Å². The lowest BCUT2D eigenvalue weighted by Gasteiger charge is -2.11. The van der Waals surface area contributed by atoms with Gasteiger partial charge in [-0.05, 0) is 181 Å². The first kappa shape index (κ1) is 76.5. The zero-order chi connectivity index (χ0) is 87.6. The first-order valence-corrected chi connectivity index (χ1v) is 45.3. The topological polar surface area (TPSA) is 142 Å². The van der Waals surface area contributed by atoms with E-state index in [0.717, 1.165) is 115 Å². The number of rotatable bonds is 9. The molecule has 0 N–H and O–H groups in total. The number of hydrogen-bond acceptors (Lipinski definition) is 12. The summed E-state index contributed by atoms with van der Waals surface area (Å²) >= 11 is 1.81. The lowest BCUT2D eigenvalue weighted by molar-refractivity contribution is 0.669. The molecule has 0 fully saturated rings. The predicted molar refractivity (Wildman–Crippen MR) is 551 cm³/mol. The first-order valence-electron chi connectivity index (χ1n) is 44.5. The molecule has 12 heteroatoms. The summed E-state index contributed by atoms with van der Waals surface area (Å²) in [4.78, 5) is 45.4. The van der Waals surface area contributed by atoms with E-state index < -0.39 is 0 Å². The molecule has 0 saturated heterocycles. The second-order valence-electron chi connectivity index (χ2n) is 33.7. The van der Waals surface area contributed by atoms with Gasteiger partial charge in [0.15, 0.2) is 52.4 Å². The van der Waals surface area contributed by atoms with Crippen LogP contribution in [0, 0.1) is 0 Å². The van der Waals surface area contributed by atoms with Crippen molar-refractivity contribution >= 4 is 183 Å². The maximum Gasteiger partial charge on any atom is 0.167 e. The number of benzene rings is 22. The summed E-state index contributed by atoms with van der Waals surface area (Å²) in [5.41, 5.74) is 11.7. The Morgan fingerprint density at radius 1 is 0.150 bits per heavy atom. The fourth-order valence-corrected chi connectivity index (χ4v) is 20.5. The molecule has 0 saturated carbocycles. The van der Waals surface area contributed by atoms with Gasteiger partial charge in [-0.3, -0.25) is 0 Å². The summed E-state index contributed by atoms with van der Waals surface area (Å²) in [7, 11) is 0. The van der Waals surface area contributed by atoms with Crippen LogP contribution in [0.15, 0.2) is 440 Å². The molecule has 0 aliphatic rings. The van der Waals surface area contributed by atoms with Crippen molar-refractivity contribution in [3.63, 3.8) is 0 Å². The Morgan fingerprint density at radius 2 is 0.459 bits per heavy atom.